The fourth-order valence-electron chi connectivity index (χ4n) is 3.23. The SMILES string of the molecule is CO[C@](C)(C(=O)O[C@H](CO)Cc1ccccc1)c1cccc2ccccc12. The Bertz CT molecular complexity index is 901. The number of esters is 1. The molecule has 0 amide bonds. The summed E-state index contributed by atoms with van der Waals surface area (Å²) < 4.78 is 11.3. The zero-order valence-corrected chi connectivity index (χ0v) is 15.6. The Hall–Kier alpha value is -2.69. The molecule has 0 heterocycles. The van der Waals surface area contributed by atoms with Crippen LogP contribution in [0.4, 0.5) is 0 Å². The molecule has 27 heavy (non-hydrogen) atoms. The highest BCUT2D eigenvalue weighted by atomic mass is 16.6. The van der Waals surface area contributed by atoms with E-state index in [1.807, 2.05) is 72.8 Å². The predicted octanol–water partition coefficient (Wildman–Crippen LogP) is 3.85. The fraction of sp³-hybridized carbons (Fsp3) is 0.261. The fourth-order valence-corrected chi connectivity index (χ4v) is 3.23. The summed E-state index contributed by atoms with van der Waals surface area (Å²) in [7, 11) is 1.49. The minimum absolute atomic E-state index is 0.254. The van der Waals surface area contributed by atoms with Crippen molar-refractivity contribution in [1.29, 1.82) is 0 Å². The normalized spacial score (nSPS) is 14.5. The Morgan fingerprint density at radius 2 is 1.67 bits per heavy atom. The number of benzene rings is 3. The van der Waals surface area contributed by atoms with Gasteiger partial charge in [-0.05, 0) is 23.3 Å². The Labute approximate surface area is 159 Å². The first-order valence-electron chi connectivity index (χ1n) is 8.97. The summed E-state index contributed by atoms with van der Waals surface area (Å²) in [6.07, 6.45) is -0.192. The van der Waals surface area contributed by atoms with Gasteiger partial charge in [0.2, 0.25) is 0 Å². The van der Waals surface area contributed by atoms with Crippen molar-refractivity contribution >= 4 is 16.7 Å². The van der Waals surface area contributed by atoms with Crippen molar-refractivity contribution in [2.24, 2.45) is 0 Å². The maximum atomic E-state index is 13.0. The van der Waals surface area contributed by atoms with Gasteiger partial charge in [-0.15, -0.1) is 0 Å². The average Bonchev–Trinajstić information content (AvgIpc) is 2.72. The number of carbonyl (C=O) groups is 1. The summed E-state index contributed by atoms with van der Waals surface area (Å²) in [6.45, 7) is 1.45. The number of ether oxygens (including phenoxy) is 2. The molecule has 0 unspecified atom stereocenters. The van der Waals surface area contributed by atoms with E-state index in [9.17, 15) is 9.90 Å². The number of aliphatic hydroxyl groups is 1. The van der Waals surface area contributed by atoms with Crippen LogP contribution in [-0.4, -0.2) is 30.9 Å². The van der Waals surface area contributed by atoms with Crippen molar-refractivity contribution in [3.8, 4) is 0 Å². The maximum absolute atomic E-state index is 13.0. The van der Waals surface area contributed by atoms with Crippen LogP contribution in [0.15, 0.2) is 72.8 Å². The summed E-state index contributed by atoms with van der Waals surface area (Å²) in [4.78, 5) is 13.0. The van der Waals surface area contributed by atoms with E-state index in [2.05, 4.69) is 0 Å². The van der Waals surface area contributed by atoms with Crippen LogP contribution in [0, 0.1) is 0 Å². The molecule has 0 saturated carbocycles. The second-order valence-electron chi connectivity index (χ2n) is 6.66. The maximum Gasteiger partial charge on any atom is 0.343 e. The summed E-state index contributed by atoms with van der Waals surface area (Å²) in [5.74, 6) is -0.517. The van der Waals surface area contributed by atoms with Crippen LogP contribution in [0.1, 0.15) is 18.1 Å². The molecule has 0 aliphatic carbocycles. The van der Waals surface area contributed by atoms with Crippen molar-refractivity contribution in [2.75, 3.05) is 13.7 Å². The summed E-state index contributed by atoms with van der Waals surface area (Å²) in [5, 5.41) is 11.7. The van der Waals surface area contributed by atoms with Gasteiger partial charge >= 0.3 is 5.97 Å². The van der Waals surface area contributed by atoms with Crippen LogP contribution < -0.4 is 0 Å². The van der Waals surface area contributed by atoms with Crippen LogP contribution >= 0.6 is 0 Å². The molecule has 0 radical (unpaired) electrons. The van der Waals surface area contributed by atoms with Gasteiger partial charge in [0.25, 0.3) is 0 Å². The number of rotatable bonds is 7. The highest BCUT2D eigenvalue weighted by Gasteiger charge is 2.39. The van der Waals surface area contributed by atoms with Crippen LogP contribution in [0.5, 0.6) is 0 Å². The van der Waals surface area contributed by atoms with Gasteiger partial charge in [0.15, 0.2) is 5.60 Å². The lowest BCUT2D eigenvalue weighted by Gasteiger charge is -2.29. The molecule has 0 saturated heterocycles. The lowest BCUT2D eigenvalue weighted by Crippen LogP contribution is -2.40. The summed E-state index contributed by atoms with van der Waals surface area (Å²) in [5.41, 5.74) is 0.462. The van der Waals surface area contributed by atoms with Crippen LogP contribution in [0.25, 0.3) is 10.8 Å². The Balaban J connectivity index is 1.87. The second kappa shape index (κ2) is 8.33. The number of methoxy groups -OCH3 is 1. The standard InChI is InChI=1S/C23H24O4/c1-23(26-2,21-14-8-12-18-11-6-7-13-20(18)21)22(25)27-19(16-24)15-17-9-4-3-5-10-17/h3-14,19,24H,15-16H2,1-2H3/t19-,23-/m0/s1. The third-order valence-electron chi connectivity index (χ3n) is 4.88. The molecule has 1 N–H and O–H groups in total. The van der Waals surface area contributed by atoms with E-state index in [1.54, 1.807) is 6.92 Å². The minimum Gasteiger partial charge on any atom is -0.457 e. The van der Waals surface area contributed by atoms with Crippen molar-refractivity contribution in [2.45, 2.75) is 25.0 Å². The summed E-state index contributed by atoms with van der Waals surface area (Å²) in [6, 6.07) is 23.2. The molecule has 2 atom stereocenters. The van der Waals surface area contributed by atoms with Gasteiger partial charge in [-0.2, -0.15) is 0 Å². The quantitative estimate of drug-likeness (QED) is 0.647. The van der Waals surface area contributed by atoms with Gasteiger partial charge in [-0.1, -0.05) is 72.8 Å². The van der Waals surface area contributed by atoms with E-state index in [-0.39, 0.29) is 6.61 Å². The van der Waals surface area contributed by atoms with Gasteiger partial charge in [0.1, 0.15) is 6.10 Å². The highest BCUT2D eigenvalue weighted by Crippen LogP contribution is 2.33. The van der Waals surface area contributed by atoms with E-state index in [0.717, 1.165) is 21.9 Å². The molecular formula is C23H24O4. The first-order chi connectivity index (χ1) is 13.1. The molecule has 4 heteroatoms. The molecule has 3 rings (SSSR count). The second-order valence-corrected chi connectivity index (χ2v) is 6.66. The van der Waals surface area contributed by atoms with Crippen LogP contribution in [-0.2, 0) is 26.3 Å². The van der Waals surface area contributed by atoms with E-state index >= 15 is 0 Å². The van der Waals surface area contributed by atoms with Crippen LogP contribution in [0.2, 0.25) is 0 Å². The molecule has 3 aromatic carbocycles. The molecular weight excluding hydrogens is 340 g/mol. The van der Waals surface area contributed by atoms with Crippen LogP contribution in [0.3, 0.4) is 0 Å². The average molecular weight is 364 g/mol. The van der Waals surface area contributed by atoms with Crippen molar-refractivity contribution in [3.63, 3.8) is 0 Å². The first-order valence-corrected chi connectivity index (χ1v) is 8.97. The lowest BCUT2D eigenvalue weighted by molar-refractivity contribution is -0.175. The minimum atomic E-state index is -1.27. The van der Waals surface area contributed by atoms with Gasteiger partial charge in [-0.25, -0.2) is 4.79 Å². The Morgan fingerprint density at radius 3 is 2.37 bits per heavy atom. The van der Waals surface area contributed by atoms with Crippen molar-refractivity contribution in [1.82, 2.24) is 0 Å². The van der Waals surface area contributed by atoms with Gasteiger partial charge in [-0.3, -0.25) is 0 Å². The number of carbonyl (C=O) groups excluding carboxylic acids is 1. The largest absolute Gasteiger partial charge is 0.457 e. The van der Waals surface area contributed by atoms with E-state index < -0.39 is 17.7 Å². The van der Waals surface area contributed by atoms with Gasteiger partial charge < -0.3 is 14.6 Å². The highest BCUT2D eigenvalue weighted by molar-refractivity contribution is 5.92. The summed E-state index contributed by atoms with van der Waals surface area (Å²) >= 11 is 0. The molecule has 3 aromatic rings. The van der Waals surface area contributed by atoms with Crippen molar-refractivity contribution < 1.29 is 19.4 Å². The van der Waals surface area contributed by atoms with E-state index in [4.69, 9.17) is 9.47 Å². The number of fused-ring (bicyclic) bond motifs is 1. The van der Waals surface area contributed by atoms with E-state index in [1.165, 1.54) is 7.11 Å². The zero-order chi connectivity index (χ0) is 19.3. The Morgan fingerprint density at radius 1 is 1.00 bits per heavy atom. The Kier molecular flexibility index (Phi) is 5.89. The third-order valence-corrected chi connectivity index (χ3v) is 4.88. The topological polar surface area (TPSA) is 55.8 Å². The first kappa shape index (κ1) is 19.1. The molecule has 140 valence electrons. The lowest BCUT2D eigenvalue weighted by atomic mass is 9.90. The molecule has 4 nitrogen and oxygen atoms in total. The number of hydrogen-bond acceptors (Lipinski definition) is 4. The van der Waals surface area contributed by atoms with E-state index in [0.29, 0.717) is 6.42 Å². The smallest absolute Gasteiger partial charge is 0.343 e. The molecule has 0 spiro atoms. The molecule has 0 bridgehead atoms. The molecule has 0 aromatic heterocycles. The predicted molar refractivity (Wildman–Crippen MR) is 105 cm³/mol. The van der Waals surface area contributed by atoms with Gasteiger partial charge in [0, 0.05) is 19.1 Å². The number of hydrogen-bond donors (Lipinski definition) is 1. The molecule has 0 aliphatic rings. The molecule has 0 fully saturated rings. The molecule has 0 aliphatic heterocycles. The zero-order valence-electron chi connectivity index (χ0n) is 15.6. The van der Waals surface area contributed by atoms with Crippen molar-refractivity contribution in [3.05, 3.63) is 83.9 Å². The monoisotopic (exact) mass is 364 g/mol. The van der Waals surface area contributed by atoms with Gasteiger partial charge in [0.05, 0.1) is 6.61 Å². The third kappa shape index (κ3) is 4.02. The number of aliphatic hydroxyl groups excluding tert-OH is 1.